The summed E-state index contributed by atoms with van der Waals surface area (Å²) in [6, 6.07) is 1.95. The molecule has 0 saturated heterocycles. The van der Waals surface area contributed by atoms with Gasteiger partial charge in [0.15, 0.2) is 0 Å². The third-order valence-electron chi connectivity index (χ3n) is 4.20. The molecule has 2 aliphatic rings. The Morgan fingerprint density at radius 2 is 2.10 bits per heavy atom. The summed E-state index contributed by atoms with van der Waals surface area (Å²) >= 11 is 0. The van der Waals surface area contributed by atoms with Gasteiger partial charge in [-0.25, -0.2) is 4.98 Å². The van der Waals surface area contributed by atoms with Crippen LogP contribution in [0.1, 0.15) is 64.1 Å². The molecule has 2 saturated carbocycles. The van der Waals surface area contributed by atoms with E-state index in [9.17, 15) is 0 Å². The second kappa shape index (κ2) is 5.98. The smallest absolute Gasteiger partial charge is 0.219 e. The van der Waals surface area contributed by atoms with Gasteiger partial charge in [-0.05, 0) is 44.9 Å². The van der Waals surface area contributed by atoms with E-state index < -0.39 is 0 Å². The van der Waals surface area contributed by atoms with Gasteiger partial charge in [-0.2, -0.15) is 4.98 Å². The van der Waals surface area contributed by atoms with Gasteiger partial charge in [-0.1, -0.05) is 13.3 Å². The zero-order valence-corrected chi connectivity index (χ0v) is 12.6. The molecule has 0 amide bonds. The summed E-state index contributed by atoms with van der Waals surface area (Å²) in [7, 11) is 0. The van der Waals surface area contributed by atoms with E-state index in [1.54, 1.807) is 0 Å². The molecule has 4 nitrogen and oxygen atoms in total. The van der Waals surface area contributed by atoms with Gasteiger partial charge >= 0.3 is 0 Å². The highest BCUT2D eigenvalue weighted by Crippen LogP contribution is 2.39. The van der Waals surface area contributed by atoms with Crippen molar-refractivity contribution in [2.24, 2.45) is 5.92 Å². The molecule has 20 heavy (non-hydrogen) atoms. The van der Waals surface area contributed by atoms with Crippen LogP contribution in [0.25, 0.3) is 0 Å². The van der Waals surface area contributed by atoms with E-state index in [1.165, 1.54) is 25.7 Å². The van der Waals surface area contributed by atoms with Crippen LogP contribution >= 0.6 is 0 Å². The van der Waals surface area contributed by atoms with E-state index in [4.69, 9.17) is 4.74 Å². The van der Waals surface area contributed by atoms with E-state index in [0.717, 1.165) is 42.8 Å². The molecule has 2 atom stereocenters. The van der Waals surface area contributed by atoms with Crippen LogP contribution in [0, 0.1) is 5.92 Å². The highest BCUT2D eigenvalue weighted by molar-refractivity contribution is 5.39. The summed E-state index contributed by atoms with van der Waals surface area (Å²) in [4.78, 5) is 9.21. The van der Waals surface area contributed by atoms with Gasteiger partial charge in [0.25, 0.3) is 0 Å². The molecule has 0 spiro atoms. The lowest BCUT2D eigenvalue weighted by atomic mass is 9.89. The predicted molar refractivity (Wildman–Crippen MR) is 80.2 cm³/mol. The first-order valence-corrected chi connectivity index (χ1v) is 8.04. The largest absolute Gasteiger partial charge is 0.474 e. The summed E-state index contributed by atoms with van der Waals surface area (Å²) < 4.78 is 6.14. The lowest BCUT2D eigenvalue weighted by Crippen LogP contribution is -2.24. The molecule has 4 heteroatoms. The monoisotopic (exact) mass is 275 g/mol. The van der Waals surface area contributed by atoms with Crippen molar-refractivity contribution in [3.05, 3.63) is 11.9 Å². The Morgan fingerprint density at radius 1 is 1.25 bits per heavy atom. The molecular formula is C16H25N3O. The fraction of sp³-hybridized carbons (Fsp3) is 0.750. The average molecular weight is 275 g/mol. The maximum Gasteiger partial charge on any atom is 0.219 e. The topological polar surface area (TPSA) is 47.0 Å². The van der Waals surface area contributed by atoms with Crippen LogP contribution in [-0.2, 0) is 0 Å². The maximum atomic E-state index is 6.14. The van der Waals surface area contributed by atoms with Crippen molar-refractivity contribution in [2.75, 3.05) is 11.9 Å². The van der Waals surface area contributed by atoms with Crippen LogP contribution in [-0.4, -0.2) is 22.6 Å². The Hall–Kier alpha value is -1.32. The van der Waals surface area contributed by atoms with Gasteiger partial charge in [0.2, 0.25) is 5.88 Å². The van der Waals surface area contributed by atoms with Crippen LogP contribution < -0.4 is 10.1 Å². The van der Waals surface area contributed by atoms with Crippen molar-refractivity contribution in [2.45, 2.75) is 64.4 Å². The van der Waals surface area contributed by atoms with Crippen LogP contribution in [0.5, 0.6) is 5.88 Å². The molecule has 1 N–H and O–H groups in total. The Morgan fingerprint density at radius 3 is 2.80 bits per heavy atom. The van der Waals surface area contributed by atoms with Crippen LogP contribution in [0.15, 0.2) is 6.07 Å². The molecule has 0 aliphatic heterocycles. The minimum Gasteiger partial charge on any atom is -0.474 e. The van der Waals surface area contributed by atoms with Gasteiger partial charge in [0, 0.05) is 18.5 Å². The van der Waals surface area contributed by atoms with Gasteiger partial charge in [0.1, 0.15) is 17.7 Å². The van der Waals surface area contributed by atoms with Crippen molar-refractivity contribution < 1.29 is 4.74 Å². The van der Waals surface area contributed by atoms with Gasteiger partial charge in [0.05, 0.1) is 0 Å². The Bertz CT molecular complexity index is 459. The lowest BCUT2D eigenvalue weighted by Gasteiger charge is -2.27. The Balaban J connectivity index is 1.73. The van der Waals surface area contributed by atoms with Crippen LogP contribution in [0.2, 0.25) is 0 Å². The Kier molecular flexibility index (Phi) is 4.08. The minimum atomic E-state index is 0.329. The zero-order chi connectivity index (χ0) is 13.9. The average Bonchev–Trinajstić information content (AvgIpc) is 3.23. The molecule has 2 aliphatic carbocycles. The number of nitrogens with one attached hydrogen (secondary N) is 1. The van der Waals surface area contributed by atoms with E-state index in [-0.39, 0.29) is 0 Å². The third kappa shape index (κ3) is 3.41. The van der Waals surface area contributed by atoms with Crippen molar-refractivity contribution in [1.29, 1.82) is 0 Å². The summed E-state index contributed by atoms with van der Waals surface area (Å²) in [5.74, 6) is 3.95. The van der Waals surface area contributed by atoms with Crippen molar-refractivity contribution in [3.8, 4) is 5.88 Å². The second-order valence-corrected chi connectivity index (χ2v) is 6.27. The summed E-state index contributed by atoms with van der Waals surface area (Å²) in [6.45, 7) is 5.28. The zero-order valence-electron chi connectivity index (χ0n) is 12.6. The highest BCUT2D eigenvalue weighted by Gasteiger charge is 2.28. The first-order chi connectivity index (χ1) is 9.74. The highest BCUT2D eigenvalue weighted by atomic mass is 16.5. The number of rotatable bonds is 5. The molecule has 2 unspecified atom stereocenters. The molecule has 1 aromatic heterocycles. The van der Waals surface area contributed by atoms with Crippen molar-refractivity contribution >= 4 is 5.82 Å². The fourth-order valence-electron chi connectivity index (χ4n) is 2.96. The summed E-state index contributed by atoms with van der Waals surface area (Å²) in [5, 5.41) is 3.29. The van der Waals surface area contributed by atoms with E-state index in [1.807, 2.05) is 6.07 Å². The van der Waals surface area contributed by atoms with Crippen LogP contribution in [0.4, 0.5) is 5.82 Å². The van der Waals surface area contributed by atoms with Gasteiger partial charge < -0.3 is 10.1 Å². The van der Waals surface area contributed by atoms with Crippen LogP contribution in [0.3, 0.4) is 0 Å². The normalized spacial score (nSPS) is 26.3. The Labute approximate surface area is 121 Å². The van der Waals surface area contributed by atoms with E-state index in [0.29, 0.717) is 12.0 Å². The molecule has 0 aromatic carbocycles. The van der Waals surface area contributed by atoms with Crippen molar-refractivity contribution in [1.82, 2.24) is 9.97 Å². The molecule has 3 rings (SSSR count). The lowest BCUT2D eigenvalue weighted by molar-refractivity contribution is 0.123. The van der Waals surface area contributed by atoms with Crippen molar-refractivity contribution in [3.63, 3.8) is 0 Å². The summed E-state index contributed by atoms with van der Waals surface area (Å²) in [6.07, 6.45) is 7.68. The maximum absolute atomic E-state index is 6.14. The number of ether oxygens (including phenoxy) is 1. The molecule has 1 aromatic rings. The number of hydrogen-bond acceptors (Lipinski definition) is 4. The predicted octanol–water partition coefficient (Wildman–Crippen LogP) is 3.74. The molecule has 0 radical (unpaired) electrons. The molecule has 0 bridgehead atoms. The molecule has 110 valence electrons. The standard InChI is InChI=1S/C16H25N3O/c1-3-17-14-10-15(19-16(18-14)12-7-8-12)20-13-6-4-5-11(2)9-13/h10-13H,3-9H2,1-2H3,(H,17,18,19). The van der Waals surface area contributed by atoms with Gasteiger partial charge in [-0.15, -0.1) is 0 Å². The van der Waals surface area contributed by atoms with Gasteiger partial charge in [-0.3, -0.25) is 0 Å². The molecular weight excluding hydrogens is 250 g/mol. The minimum absolute atomic E-state index is 0.329. The first kappa shape index (κ1) is 13.7. The molecule has 1 heterocycles. The van der Waals surface area contributed by atoms with E-state index in [2.05, 4.69) is 29.1 Å². The number of anilines is 1. The summed E-state index contributed by atoms with van der Waals surface area (Å²) in [5.41, 5.74) is 0. The number of nitrogens with zero attached hydrogens (tertiary/aromatic N) is 2. The number of hydrogen-bond donors (Lipinski definition) is 1. The first-order valence-electron chi connectivity index (χ1n) is 8.04. The third-order valence-corrected chi connectivity index (χ3v) is 4.20. The quantitative estimate of drug-likeness (QED) is 0.889. The second-order valence-electron chi connectivity index (χ2n) is 6.27. The SMILES string of the molecule is CCNc1cc(OC2CCCC(C)C2)nc(C2CC2)n1. The molecule has 2 fully saturated rings. The van der Waals surface area contributed by atoms with E-state index >= 15 is 0 Å². The number of aromatic nitrogens is 2. The fourth-order valence-corrected chi connectivity index (χ4v) is 2.96.